The van der Waals surface area contributed by atoms with E-state index in [1.165, 1.54) is 38.5 Å². The minimum absolute atomic E-state index is 0.0276. The SMILES string of the molecule is Cc1ccnc(NC(=O)CCC(=O)NCC2CC23CCCCC3)c1. The van der Waals surface area contributed by atoms with Crippen LogP contribution in [0.25, 0.3) is 0 Å². The molecular weight excluding hydrogens is 302 g/mol. The minimum atomic E-state index is -0.168. The lowest BCUT2D eigenvalue weighted by Crippen LogP contribution is -2.28. The number of carbonyl (C=O) groups excluding carboxylic acids is 2. The van der Waals surface area contributed by atoms with Crippen LogP contribution in [0.1, 0.15) is 56.9 Å². The Kier molecular flexibility index (Phi) is 5.17. The molecule has 130 valence electrons. The van der Waals surface area contributed by atoms with Gasteiger partial charge in [0.25, 0.3) is 0 Å². The van der Waals surface area contributed by atoms with E-state index in [9.17, 15) is 9.59 Å². The largest absolute Gasteiger partial charge is 0.356 e. The Balaban J connectivity index is 1.33. The molecule has 2 aliphatic carbocycles. The number of aryl methyl sites for hydroxylation is 1. The summed E-state index contributed by atoms with van der Waals surface area (Å²) in [7, 11) is 0. The Morgan fingerprint density at radius 1 is 1.21 bits per heavy atom. The quantitative estimate of drug-likeness (QED) is 0.842. The molecule has 1 unspecified atom stereocenters. The maximum Gasteiger partial charge on any atom is 0.226 e. The molecule has 2 amide bonds. The average Bonchev–Trinajstić information content (AvgIpc) is 3.23. The predicted octanol–water partition coefficient (Wildman–Crippen LogP) is 3.20. The summed E-state index contributed by atoms with van der Waals surface area (Å²) in [4.78, 5) is 27.9. The van der Waals surface area contributed by atoms with E-state index in [0.29, 0.717) is 17.2 Å². The molecule has 5 nitrogen and oxygen atoms in total. The first-order chi connectivity index (χ1) is 11.6. The Bertz CT molecular complexity index is 608. The maximum absolute atomic E-state index is 12.0. The summed E-state index contributed by atoms with van der Waals surface area (Å²) in [5.74, 6) is 1.00. The zero-order valence-electron chi connectivity index (χ0n) is 14.4. The zero-order valence-corrected chi connectivity index (χ0v) is 14.4. The van der Waals surface area contributed by atoms with Crippen LogP contribution in [-0.4, -0.2) is 23.3 Å². The normalized spacial score (nSPS) is 21.3. The van der Waals surface area contributed by atoms with Crippen molar-refractivity contribution in [2.45, 2.75) is 58.3 Å². The van der Waals surface area contributed by atoms with Crippen molar-refractivity contribution in [3.63, 3.8) is 0 Å². The molecule has 1 aromatic rings. The Hall–Kier alpha value is -1.91. The fraction of sp³-hybridized carbons (Fsp3) is 0.632. The molecular formula is C19H27N3O2. The summed E-state index contributed by atoms with van der Waals surface area (Å²) in [5, 5.41) is 5.74. The summed E-state index contributed by atoms with van der Waals surface area (Å²) >= 11 is 0. The first kappa shape index (κ1) is 16.9. The molecule has 5 heteroatoms. The third-order valence-electron chi connectivity index (χ3n) is 5.52. The van der Waals surface area contributed by atoms with E-state index >= 15 is 0 Å². The molecule has 2 fully saturated rings. The maximum atomic E-state index is 12.0. The summed E-state index contributed by atoms with van der Waals surface area (Å²) in [6.07, 6.45) is 10.1. The number of rotatable bonds is 6. The number of hydrogen-bond acceptors (Lipinski definition) is 3. The molecule has 1 aromatic heterocycles. The number of nitrogens with one attached hydrogen (secondary N) is 2. The van der Waals surface area contributed by atoms with Gasteiger partial charge in [-0.25, -0.2) is 4.98 Å². The minimum Gasteiger partial charge on any atom is -0.356 e. The van der Waals surface area contributed by atoms with E-state index in [2.05, 4.69) is 15.6 Å². The smallest absolute Gasteiger partial charge is 0.226 e. The van der Waals surface area contributed by atoms with Gasteiger partial charge >= 0.3 is 0 Å². The van der Waals surface area contributed by atoms with Gasteiger partial charge in [0, 0.05) is 25.6 Å². The first-order valence-electron chi connectivity index (χ1n) is 9.07. The van der Waals surface area contributed by atoms with Crippen LogP contribution in [-0.2, 0) is 9.59 Å². The fourth-order valence-corrected chi connectivity index (χ4v) is 3.95. The lowest BCUT2D eigenvalue weighted by molar-refractivity contribution is -0.124. The molecule has 2 N–H and O–H groups in total. The third-order valence-corrected chi connectivity index (χ3v) is 5.52. The van der Waals surface area contributed by atoms with Crippen molar-refractivity contribution in [1.29, 1.82) is 0 Å². The number of carbonyl (C=O) groups is 2. The molecule has 0 aromatic carbocycles. The molecule has 1 heterocycles. The lowest BCUT2D eigenvalue weighted by Gasteiger charge is -2.22. The van der Waals surface area contributed by atoms with E-state index in [1.54, 1.807) is 6.20 Å². The van der Waals surface area contributed by atoms with Crippen molar-refractivity contribution >= 4 is 17.6 Å². The highest BCUT2D eigenvalue weighted by Gasteiger charge is 2.53. The van der Waals surface area contributed by atoms with Gasteiger partial charge in [-0.05, 0) is 55.2 Å². The highest BCUT2D eigenvalue weighted by Crippen LogP contribution is 2.60. The van der Waals surface area contributed by atoms with Gasteiger partial charge < -0.3 is 10.6 Å². The topological polar surface area (TPSA) is 71.1 Å². The molecule has 24 heavy (non-hydrogen) atoms. The van der Waals surface area contributed by atoms with Gasteiger partial charge in [0.1, 0.15) is 5.82 Å². The number of amides is 2. The van der Waals surface area contributed by atoms with Crippen LogP contribution in [0, 0.1) is 18.3 Å². The van der Waals surface area contributed by atoms with Crippen molar-refractivity contribution in [2.24, 2.45) is 11.3 Å². The Morgan fingerprint density at radius 3 is 2.71 bits per heavy atom. The molecule has 0 bridgehead atoms. The highest BCUT2D eigenvalue weighted by molar-refractivity contribution is 5.92. The third kappa shape index (κ3) is 4.34. The molecule has 1 atom stereocenters. The number of nitrogens with zero attached hydrogens (tertiary/aromatic N) is 1. The van der Waals surface area contributed by atoms with Crippen molar-refractivity contribution in [1.82, 2.24) is 10.3 Å². The average molecular weight is 329 g/mol. The molecule has 3 rings (SSSR count). The summed E-state index contributed by atoms with van der Waals surface area (Å²) in [6.45, 7) is 2.72. The van der Waals surface area contributed by atoms with Gasteiger partial charge in [0.2, 0.25) is 11.8 Å². The highest BCUT2D eigenvalue weighted by atomic mass is 16.2. The standard InChI is InChI=1S/C19H27N3O2/c1-14-7-10-20-16(11-14)22-18(24)6-5-17(23)21-13-15-12-19(15)8-3-2-4-9-19/h7,10-11,15H,2-6,8-9,12-13H2,1H3,(H,21,23)(H,20,22,24). The summed E-state index contributed by atoms with van der Waals surface area (Å²) in [6, 6.07) is 3.69. The van der Waals surface area contributed by atoms with Crippen LogP contribution in [0.2, 0.25) is 0 Å². The van der Waals surface area contributed by atoms with E-state index in [0.717, 1.165) is 12.1 Å². The van der Waals surface area contributed by atoms with Crippen LogP contribution in [0.15, 0.2) is 18.3 Å². The lowest BCUT2D eigenvalue weighted by atomic mass is 9.84. The van der Waals surface area contributed by atoms with Gasteiger partial charge in [-0.1, -0.05) is 19.3 Å². The Labute approximate surface area is 143 Å². The first-order valence-corrected chi connectivity index (χ1v) is 9.07. The summed E-state index contributed by atoms with van der Waals surface area (Å²) in [5.41, 5.74) is 1.58. The van der Waals surface area contributed by atoms with Crippen LogP contribution in [0.4, 0.5) is 5.82 Å². The second-order valence-electron chi connectivity index (χ2n) is 7.39. The van der Waals surface area contributed by atoms with Gasteiger partial charge in [-0.3, -0.25) is 9.59 Å². The van der Waals surface area contributed by atoms with Gasteiger partial charge in [-0.15, -0.1) is 0 Å². The van der Waals surface area contributed by atoms with Gasteiger partial charge in [-0.2, -0.15) is 0 Å². The number of aromatic nitrogens is 1. The molecule has 1 spiro atoms. The van der Waals surface area contributed by atoms with E-state index in [1.807, 2.05) is 19.1 Å². The molecule has 2 saturated carbocycles. The summed E-state index contributed by atoms with van der Waals surface area (Å²) < 4.78 is 0. The number of pyridine rings is 1. The van der Waals surface area contributed by atoms with Crippen molar-refractivity contribution in [3.8, 4) is 0 Å². The van der Waals surface area contributed by atoms with E-state index < -0.39 is 0 Å². The second kappa shape index (κ2) is 7.32. The molecule has 0 saturated heterocycles. The van der Waals surface area contributed by atoms with Crippen LogP contribution < -0.4 is 10.6 Å². The monoisotopic (exact) mass is 329 g/mol. The molecule has 0 aliphatic heterocycles. The van der Waals surface area contributed by atoms with Gasteiger partial charge in [0.15, 0.2) is 0 Å². The number of anilines is 1. The predicted molar refractivity (Wildman–Crippen MR) is 93.5 cm³/mol. The van der Waals surface area contributed by atoms with Crippen LogP contribution >= 0.6 is 0 Å². The number of hydrogen-bond donors (Lipinski definition) is 2. The fourth-order valence-electron chi connectivity index (χ4n) is 3.95. The zero-order chi connectivity index (χ0) is 17.0. The Morgan fingerprint density at radius 2 is 1.96 bits per heavy atom. The van der Waals surface area contributed by atoms with Crippen LogP contribution in [0.3, 0.4) is 0 Å². The van der Waals surface area contributed by atoms with Gasteiger partial charge in [0.05, 0.1) is 0 Å². The molecule has 0 radical (unpaired) electrons. The van der Waals surface area contributed by atoms with Crippen molar-refractivity contribution in [3.05, 3.63) is 23.9 Å². The second-order valence-corrected chi connectivity index (χ2v) is 7.39. The van der Waals surface area contributed by atoms with Crippen LogP contribution in [0.5, 0.6) is 0 Å². The van der Waals surface area contributed by atoms with E-state index in [4.69, 9.17) is 0 Å². The van der Waals surface area contributed by atoms with Crippen molar-refractivity contribution in [2.75, 3.05) is 11.9 Å². The van der Waals surface area contributed by atoms with Crippen molar-refractivity contribution < 1.29 is 9.59 Å². The van der Waals surface area contributed by atoms with E-state index in [-0.39, 0.29) is 24.7 Å². The molecule has 2 aliphatic rings.